The Morgan fingerprint density at radius 2 is 1.65 bits per heavy atom. The quantitative estimate of drug-likeness (QED) is 0.244. The molecule has 0 rings (SSSR count). The summed E-state index contributed by atoms with van der Waals surface area (Å²) < 4.78 is 0. The Hall–Kier alpha value is -2.36. The number of aliphatic hydroxyl groups is 3. The van der Waals surface area contributed by atoms with Gasteiger partial charge in [-0.05, 0) is 11.1 Å². The van der Waals surface area contributed by atoms with Gasteiger partial charge in [-0.2, -0.15) is 0 Å². The number of hydrogen-bond acceptors (Lipinski definition) is 7. The molecule has 0 heterocycles. The Labute approximate surface area is 112 Å². The van der Waals surface area contributed by atoms with Gasteiger partial charge in [0.05, 0.1) is 25.2 Å². The van der Waals surface area contributed by atoms with E-state index in [1.807, 2.05) is 0 Å². The van der Waals surface area contributed by atoms with Crippen molar-refractivity contribution in [3.8, 4) is 0 Å². The summed E-state index contributed by atoms with van der Waals surface area (Å²) in [6.07, 6.45) is -5.60. The van der Waals surface area contributed by atoms with Gasteiger partial charge in [-0.1, -0.05) is 10.2 Å². The predicted molar refractivity (Wildman–Crippen MR) is 63.8 cm³/mol. The maximum absolute atomic E-state index is 11.3. The first-order chi connectivity index (χ1) is 9.42. The van der Waals surface area contributed by atoms with Crippen LogP contribution in [0.25, 0.3) is 20.9 Å². The van der Waals surface area contributed by atoms with E-state index in [0.717, 1.165) is 0 Å². The standard InChI is InChI=1S/C8H13N7O5/c9-14-11-2-5(17)8(20)4(16)1-6(18)13-7(19)3-12-15-10/h4-5,8,16-17,20H,1-3H2,(H,13,18,19)/t4-,5-,8-/m1/s1. The molecule has 0 bridgehead atoms. The van der Waals surface area contributed by atoms with Gasteiger partial charge in [0, 0.05) is 9.82 Å². The van der Waals surface area contributed by atoms with Crippen LogP contribution in [0.1, 0.15) is 6.42 Å². The Balaban J connectivity index is 4.26. The normalized spacial score (nSPS) is 14.2. The molecule has 110 valence electrons. The van der Waals surface area contributed by atoms with Crippen LogP contribution in [-0.4, -0.2) is 58.5 Å². The van der Waals surface area contributed by atoms with Crippen LogP contribution >= 0.6 is 0 Å². The molecule has 12 heteroatoms. The summed E-state index contributed by atoms with van der Waals surface area (Å²) in [6.45, 7) is -1.06. The van der Waals surface area contributed by atoms with Gasteiger partial charge in [-0.15, -0.1) is 0 Å². The van der Waals surface area contributed by atoms with Crippen molar-refractivity contribution in [2.24, 2.45) is 10.2 Å². The van der Waals surface area contributed by atoms with Crippen molar-refractivity contribution in [3.05, 3.63) is 20.9 Å². The minimum atomic E-state index is -1.72. The average molecular weight is 287 g/mol. The molecule has 0 aliphatic heterocycles. The van der Waals surface area contributed by atoms with Gasteiger partial charge in [0.15, 0.2) is 0 Å². The maximum atomic E-state index is 11.3. The SMILES string of the molecule is [N-]=[N+]=NCC(=O)NC(=O)C[C@@H](O)[C@@H](O)[C@H](O)CN=[N+]=[N-]. The lowest BCUT2D eigenvalue weighted by Gasteiger charge is -2.21. The minimum Gasteiger partial charge on any atom is -0.390 e. The monoisotopic (exact) mass is 287 g/mol. The summed E-state index contributed by atoms with van der Waals surface area (Å²) in [4.78, 5) is 26.9. The zero-order chi connectivity index (χ0) is 15.5. The lowest BCUT2D eigenvalue weighted by Crippen LogP contribution is -2.43. The fourth-order valence-corrected chi connectivity index (χ4v) is 1.14. The van der Waals surface area contributed by atoms with E-state index in [0.29, 0.717) is 0 Å². The van der Waals surface area contributed by atoms with Gasteiger partial charge < -0.3 is 15.3 Å². The lowest BCUT2D eigenvalue weighted by atomic mass is 10.1. The molecule has 0 aliphatic rings. The zero-order valence-electron chi connectivity index (χ0n) is 10.2. The van der Waals surface area contributed by atoms with E-state index in [2.05, 4.69) is 20.1 Å². The van der Waals surface area contributed by atoms with Crippen LogP contribution in [0.4, 0.5) is 0 Å². The number of amides is 2. The molecule has 0 aromatic carbocycles. The highest BCUT2D eigenvalue weighted by molar-refractivity contribution is 5.96. The third-order valence-electron chi connectivity index (χ3n) is 2.07. The third kappa shape index (κ3) is 7.16. The van der Waals surface area contributed by atoms with Crippen molar-refractivity contribution in [1.82, 2.24) is 5.32 Å². The molecule has 0 radical (unpaired) electrons. The smallest absolute Gasteiger partial charge is 0.232 e. The summed E-state index contributed by atoms with van der Waals surface area (Å²) in [5.41, 5.74) is 16.0. The minimum absolute atomic E-state index is 0.480. The first kappa shape index (κ1) is 17.6. The van der Waals surface area contributed by atoms with Gasteiger partial charge in [0.1, 0.15) is 12.6 Å². The Morgan fingerprint density at radius 1 is 1.05 bits per heavy atom. The maximum Gasteiger partial charge on any atom is 0.232 e. The van der Waals surface area contributed by atoms with Crippen LogP contribution in [0.5, 0.6) is 0 Å². The summed E-state index contributed by atoms with van der Waals surface area (Å²) in [5, 5.41) is 35.9. The van der Waals surface area contributed by atoms with E-state index in [9.17, 15) is 24.9 Å². The molecule has 3 atom stereocenters. The molecule has 4 N–H and O–H groups in total. The largest absolute Gasteiger partial charge is 0.390 e. The van der Waals surface area contributed by atoms with Crippen molar-refractivity contribution in [2.45, 2.75) is 24.7 Å². The Bertz CT molecular complexity index is 442. The second kappa shape index (κ2) is 9.55. The van der Waals surface area contributed by atoms with Crippen molar-refractivity contribution < 1.29 is 24.9 Å². The number of aliphatic hydroxyl groups excluding tert-OH is 3. The number of nitrogens with zero attached hydrogens (tertiary/aromatic N) is 6. The van der Waals surface area contributed by atoms with E-state index < -0.39 is 49.6 Å². The topological polar surface area (TPSA) is 204 Å². The molecule has 20 heavy (non-hydrogen) atoms. The number of carbonyl (C=O) groups is 2. The van der Waals surface area contributed by atoms with Crippen molar-refractivity contribution in [2.75, 3.05) is 13.1 Å². The molecule has 0 spiro atoms. The fraction of sp³-hybridized carbons (Fsp3) is 0.750. The van der Waals surface area contributed by atoms with Crippen LogP contribution in [0, 0.1) is 0 Å². The van der Waals surface area contributed by atoms with Crippen LogP contribution in [0.2, 0.25) is 0 Å². The second-order valence-corrected chi connectivity index (χ2v) is 3.60. The molecule has 0 aliphatic carbocycles. The van der Waals surface area contributed by atoms with E-state index in [1.165, 1.54) is 0 Å². The Morgan fingerprint density at radius 3 is 2.20 bits per heavy atom. The molecule has 0 saturated carbocycles. The van der Waals surface area contributed by atoms with Crippen molar-refractivity contribution in [1.29, 1.82) is 0 Å². The van der Waals surface area contributed by atoms with Gasteiger partial charge in [0.2, 0.25) is 11.8 Å². The number of imide groups is 1. The van der Waals surface area contributed by atoms with Gasteiger partial charge in [-0.3, -0.25) is 14.9 Å². The van der Waals surface area contributed by atoms with E-state index in [-0.39, 0.29) is 0 Å². The molecular formula is C8H13N7O5. The van der Waals surface area contributed by atoms with Crippen LogP contribution in [-0.2, 0) is 9.59 Å². The molecule has 0 saturated heterocycles. The molecule has 2 amide bonds. The number of carbonyl (C=O) groups excluding carboxylic acids is 2. The molecule has 0 aromatic rings. The fourth-order valence-electron chi connectivity index (χ4n) is 1.14. The molecule has 12 nitrogen and oxygen atoms in total. The van der Waals surface area contributed by atoms with Gasteiger partial charge >= 0.3 is 0 Å². The molecule has 0 fully saturated rings. The van der Waals surface area contributed by atoms with Crippen LogP contribution < -0.4 is 5.32 Å². The molecular weight excluding hydrogens is 274 g/mol. The van der Waals surface area contributed by atoms with E-state index in [4.69, 9.17) is 11.1 Å². The van der Waals surface area contributed by atoms with Crippen molar-refractivity contribution >= 4 is 11.8 Å². The first-order valence-electron chi connectivity index (χ1n) is 5.31. The predicted octanol–water partition coefficient (Wildman–Crippen LogP) is -1.28. The second-order valence-electron chi connectivity index (χ2n) is 3.60. The van der Waals surface area contributed by atoms with Crippen molar-refractivity contribution in [3.63, 3.8) is 0 Å². The zero-order valence-corrected chi connectivity index (χ0v) is 10.2. The van der Waals surface area contributed by atoms with Crippen LogP contribution in [0.15, 0.2) is 10.2 Å². The number of nitrogens with one attached hydrogen (secondary N) is 1. The summed E-state index contributed by atoms with van der Waals surface area (Å²) >= 11 is 0. The molecule has 0 unspecified atom stereocenters. The Kier molecular flexibility index (Phi) is 8.43. The summed E-state index contributed by atoms with van der Waals surface area (Å²) in [5.74, 6) is -1.80. The lowest BCUT2D eigenvalue weighted by molar-refractivity contribution is -0.133. The number of rotatable bonds is 8. The number of hydrogen-bond donors (Lipinski definition) is 4. The molecule has 0 aromatic heterocycles. The summed E-state index contributed by atoms with van der Waals surface area (Å²) in [6, 6.07) is 0. The highest BCUT2D eigenvalue weighted by Crippen LogP contribution is 2.05. The van der Waals surface area contributed by atoms with E-state index in [1.54, 1.807) is 5.32 Å². The first-order valence-corrected chi connectivity index (χ1v) is 5.31. The average Bonchev–Trinajstić information content (AvgIpc) is 2.41. The third-order valence-corrected chi connectivity index (χ3v) is 2.07. The number of azide groups is 2. The summed E-state index contributed by atoms with van der Waals surface area (Å²) in [7, 11) is 0. The van der Waals surface area contributed by atoms with Crippen LogP contribution in [0.3, 0.4) is 0 Å². The highest BCUT2D eigenvalue weighted by Gasteiger charge is 2.26. The van der Waals surface area contributed by atoms with Gasteiger partial charge in [-0.25, -0.2) is 0 Å². The van der Waals surface area contributed by atoms with E-state index >= 15 is 0 Å². The van der Waals surface area contributed by atoms with Gasteiger partial charge in [0.25, 0.3) is 0 Å². The highest BCUT2D eigenvalue weighted by atomic mass is 16.4.